The standard InChI is InChI=1S/C16H18N2O3S/c1-10-11(2)22-16(17-10)18-15(19)8-6-12-5-7-13(20-3)14(9-12)21-4/h5-9H,1-4H3,(H,17,18,19)/b8-6+. The van der Waals surface area contributed by atoms with E-state index in [1.54, 1.807) is 32.4 Å². The maximum Gasteiger partial charge on any atom is 0.250 e. The fourth-order valence-electron chi connectivity index (χ4n) is 1.80. The van der Waals surface area contributed by atoms with Crippen molar-refractivity contribution in [1.82, 2.24) is 4.98 Å². The van der Waals surface area contributed by atoms with Crippen molar-refractivity contribution in [2.45, 2.75) is 13.8 Å². The Morgan fingerprint density at radius 3 is 2.55 bits per heavy atom. The smallest absolute Gasteiger partial charge is 0.250 e. The van der Waals surface area contributed by atoms with Crippen LogP contribution in [0.25, 0.3) is 6.08 Å². The molecule has 1 aromatic heterocycles. The number of carbonyl (C=O) groups is 1. The molecule has 0 aliphatic carbocycles. The van der Waals surface area contributed by atoms with Crippen LogP contribution in [0.4, 0.5) is 5.13 Å². The Bertz CT molecular complexity index is 688. The molecule has 0 atom stereocenters. The van der Waals surface area contributed by atoms with Gasteiger partial charge in [0.1, 0.15) is 0 Å². The molecule has 5 nitrogen and oxygen atoms in total. The van der Waals surface area contributed by atoms with Gasteiger partial charge < -0.3 is 9.47 Å². The second-order valence-electron chi connectivity index (χ2n) is 4.60. The Morgan fingerprint density at radius 2 is 1.95 bits per heavy atom. The fraction of sp³-hybridized carbons (Fsp3) is 0.250. The second kappa shape index (κ2) is 7.09. The highest BCUT2D eigenvalue weighted by Crippen LogP contribution is 2.28. The first-order valence-corrected chi connectivity index (χ1v) is 7.50. The van der Waals surface area contributed by atoms with Crippen LogP contribution in [0.15, 0.2) is 24.3 Å². The maximum absolute atomic E-state index is 11.9. The molecule has 22 heavy (non-hydrogen) atoms. The normalized spacial score (nSPS) is 10.7. The van der Waals surface area contributed by atoms with Crippen LogP contribution in [0.1, 0.15) is 16.1 Å². The van der Waals surface area contributed by atoms with Crippen molar-refractivity contribution in [3.8, 4) is 11.5 Å². The minimum absolute atomic E-state index is 0.219. The van der Waals surface area contributed by atoms with Crippen LogP contribution in [0.3, 0.4) is 0 Å². The molecular formula is C16H18N2O3S. The number of methoxy groups -OCH3 is 2. The lowest BCUT2D eigenvalue weighted by Crippen LogP contribution is -2.07. The number of nitrogens with zero attached hydrogens (tertiary/aromatic N) is 1. The zero-order valence-electron chi connectivity index (χ0n) is 13.0. The number of amides is 1. The molecule has 1 amide bonds. The molecule has 0 saturated heterocycles. The van der Waals surface area contributed by atoms with Crippen molar-refractivity contribution in [2.75, 3.05) is 19.5 Å². The summed E-state index contributed by atoms with van der Waals surface area (Å²) in [6.45, 7) is 3.89. The van der Waals surface area contributed by atoms with E-state index in [1.165, 1.54) is 17.4 Å². The van der Waals surface area contributed by atoms with Crippen LogP contribution in [0, 0.1) is 13.8 Å². The summed E-state index contributed by atoms with van der Waals surface area (Å²) in [5, 5.41) is 3.36. The first-order chi connectivity index (χ1) is 10.5. The van der Waals surface area contributed by atoms with Gasteiger partial charge in [-0.05, 0) is 37.6 Å². The summed E-state index contributed by atoms with van der Waals surface area (Å²) in [5.41, 5.74) is 1.78. The van der Waals surface area contributed by atoms with Crippen LogP contribution < -0.4 is 14.8 Å². The van der Waals surface area contributed by atoms with E-state index in [2.05, 4.69) is 10.3 Å². The number of hydrogen-bond acceptors (Lipinski definition) is 5. The van der Waals surface area contributed by atoms with E-state index in [1.807, 2.05) is 19.9 Å². The molecule has 0 aliphatic heterocycles. The van der Waals surface area contributed by atoms with Gasteiger partial charge in [0.05, 0.1) is 19.9 Å². The van der Waals surface area contributed by atoms with E-state index < -0.39 is 0 Å². The lowest BCUT2D eigenvalue weighted by Gasteiger charge is -2.07. The Kier molecular flexibility index (Phi) is 5.16. The van der Waals surface area contributed by atoms with Crippen molar-refractivity contribution >= 4 is 28.5 Å². The van der Waals surface area contributed by atoms with Gasteiger partial charge in [0, 0.05) is 11.0 Å². The van der Waals surface area contributed by atoms with Crippen molar-refractivity contribution < 1.29 is 14.3 Å². The van der Waals surface area contributed by atoms with E-state index in [4.69, 9.17) is 9.47 Å². The quantitative estimate of drug-likeness (QED) is 0.858. The number of rotatable bonds is 5. The van der Waals surface area contributed by atoms with Gasteiger partial charge >= 0.3 is 0 Å². The molecule has 0 spiro atoms. The summed E-state index contributed by atoms with van der Waals surface area (Å²) < 4.78 is 10.4. The Morgan fingerprint density at radius 1 is 1.23 bits per heavy atom. The summed E-state index contributed by atoms with van der Waals surface area (Å²) in [5.74, 6) is 1.05. The molecule has 2 rings (SSSR count). The molecule has 0 fully saturated rings. The highest BCUT2D eigenvalue weighted by molar-refractivity contribution is 7.15. The molecular weight excluding hydrogens is 300 g/mol. The predicted octanol–water partition coefficient (Wildman–Crippen LogP) is 3.43. The zero-order chi connectivity index (χ0) is 16.1. The average molecular weight is 318 g/mol. The number of hydrogen-bond donors (Lipinski definition) is 1. The van der Waals surface area contributed by atoms with E-state index in [9.17, 15) is 4.79 Å². The Labute approximate surface area is 133 Å². The van der Waals surface area contributed by atoms with E-state index >= 15 is 0 Å². The number of thiazole rings is 1. The highest BCUT2D eigenvalue weighted by atomic mass is 32.1. The molecule has 116 valence electrons. The van der Waals surface area contributed by atoms with Crippen molar-refractivity contribution in [1.29, 1.82) is 0 Å². The van der Waals surface area contributed by atoms with Gasteiger partial charge in [0.25, 0.3) is 0 Å². The van der Waals surface area contributed by atoms with E-state index in [0.29, 0.717) is 16.6 Å². The van der Waals surface area contributed by atoms with E-state index in [0.717, 1.165) is 16.1 Å². The third-order valence-electron chi connectivity index (χ3n) is 3.09. The maximum atomic E-state index is 11.9. The molecule has 2 aromatic rings. The lowest BCUT2D eigenvalue weighted by atomic mass is 10.2. The van der Waals surface area contributed by atoms with Crippen LogP contribution in [0.5, 0.6) is 11.5 Å². The van der Waals surface area contributed by atoms with Gasteiger partial charge in [-0.15, -0.1) is 11.3 Å². The summed E-state index contributed by atoms with van der Waals surface area (Å²) in [7, 11) is 3.16. The second-order valence-corrected chi connectivity index (χ2v) is 5.80. The van der Waals surface area contributed by atoms with Crippen molar-refractivity contribution in [3.63, 3.8) is 0 Å². The third kappa shape index (κ3) is 3.85. The predicted molar refractivity (Wildman–Crippen MR) is 88.8 cm³/mol. The largest absolute Gasteiger partial charge is 0.493 e. The van der Waals surface area contributed by atoms with Gasteiger partial charge in [-0.25, -0.2) is 4.98 Å². The minimum atomic E-state index is -0.219. The fourth-order valence-corrected chi connectivity index (χ4v) is 2.62. The Balaban J connectivity index is 2.06. The lowest BCUT2D eigenvalue weighted by molar-refractivity contribution is -0.111. The minimum Gasteiger partial charge on any atom is -0.493 e. The number of anilines is 1. The van der Waals surface area contributed by atoms with Crippen LogP contribution in [-0.4, -0.2) is 25.1 Å². The van der Waals surface area contributed by atoms with Crippen molar-refractivity contribution in [3.05, 3.63) is 40.4 Å². The van der Waals surface area contributed by atoms with Crippen LogP contribution in [0.2, 0.25) is 0 Å². The molecule has 6 heteroatoms. The summed E-state index contributed by atoms with van der Waals surface area (Å²) in [6, 6.07) is 5.45. The third-order valence-corrected chi connectivity index (χ3v) is 4.08. The highest BCUT2D eigenvalue weighted by Gasteiger charge is 2.06. The van der Waals surface area contributed by atoms with Crippen LogP contribution >= 0.6 is 11.3 Å². The number of carbonyl (C=O) groups excluding carboxylic acids is 1. The van der Waals surface area contributed by atoms with Crippen LogP contribution in [-0.2, 0) is 4.79 Å². The number of nitrogens with one attached hydrogen (secondary N) is 1. The van der Waals surface area contributed by atoms with Gasteiger partial charge in [0.15, 0.2) is 16.6 Å². The molecule has 0 radical (unpaired) electrons. The number of benzene rings is 1. The summed E-state index contributed by atoms with van der Waals surface area (Å²) in [6.07, 6.45) is 3.18. The molecule has 1 N–H and O–H groups in total. The molecule has 0 unspecified atom stereocenters. The number of aryl methyl sites for hydroxylation is 2. The monoisotopic (exact) mass is 318 g/mol. The topological polar surface area (TPSA) is 60.5 Å². The molecule has 1 heterocycles. The number of aromatic nitrogens is 1. The average Bonchev–Trinajstić information content (AvgIpc) is 2.82. The van der Waals surface area contributed by atoms with E-state index in [-0.39, 0.29) is 5.91 Å². The summed E-state index contributed by atoms with van der Waals surface area (Å²) in [4.78, 5) is 17.3. The molecule has 0 saturated carbocycles. The van der Waals surface area contributed by atoms with Gasteiger partial charge in [-0.3, -0.25) is 10.1 Å². The number of ether oxygens (including phenoxy) is 2. The van der Waals surface area contributed by atoms with Gasteiger partial charge in [-0.2, -0.15) is 0 Å². The molecule has 1 aromatic carbocycles. The van der Waals surface area contributed by atoms with Gasteiger partial charge in [0.2, 0.25) is 5.91 Å². The van der Waals surface area contributed by atoms with Gasteiger partial charge in [-0.1, -0.05) is 6.07 Å². The zero-order valence-corrected chi connectivity index (χ0v) is 13.8. The first kappa shape index (κ1) is 16.0. The molecule has 0 aliphatic rings. The van der Waals surface area contributed by atoms with Crippen molar-refractivity contribution in [2.24, 2.45) is 0 Å². The SMILES string of the molecule is COc1ccc(/C=C/C(=O)Nc2nc(C)c(C)s2)cc1OC. The molecule has 0 bridgehead atoms. The Hall–Kier alpha value is -2.34. The first-order valence-electron chi connectivity index (χ1n) is 6.68. The summed E-state index contributed by atoms with van der Waals surface area (Å²) >= 11 is 1.46.